The Hall–Kier alpha value is -2.39. The lowest BCUT2D eigenvalue weighted by Crippen LogP contribution is -2.36. The van der Waals surface area contributed by atoms with Crippen LogP contribution in [0.1, 0.15) is 11.3 Å². The number of ether oxygens (including phenoxy) is 1. The molecule has 0 radical (unpaired) electrons. The lowest BCUT2D eigenvalue weighted by Gasteiger charge is -2.29. The van der Waals surface area contributed by atoms with Crippen LogP contribution in [-0.4, -0.2) is 37.2 Å². The van der Waals surface area contributed by atoms with E-state index in [1.807, 2.05) is 4.90 Å². The number of alkyl halides is 3. The fraction of sp³-hybridized carbons (Fsp3) is 0.294. The molecular formula is C17H16F3N3O2S. The predicted molar refractivity (Wildman–Crippen MR) is 94.3 cm³/mol. The molecule has 0 bridgehead atoms. The number of amides is 1. The number of hydrogen-bond donors (Lipinski definition) is 1. The molecule has 1 aliphatic rings. The maximum Gasteiger partial charge on any atom is 0.418 e. The average molecular weight is 383 g/mol. The van der Waals surface area contributed by atoms with Crippen molar-refractivity contribution >= 4 is 34.7 Å². The molecule has 1 aliphatic heterocycles. The molecule has 1 aromatic carbocycles. The summed E-state index contributed by atoms with van der Waals surface area (Å²) in [7, 11) is 0. The third-order valence-electron chi connectivity index (χ3n) is 3.80. The number of rotatable bonds is 4. The van der Waals surface area contributed by atoms with Gasteiger partial charge < -0.3 is 15.0 Å². The Morgan fingerprint density at radius 2 is 2.08 bits per heavy atom. The summed E-state index contributed by atoms with van der Waals surface area (Å²) < 4.78 is 45.5. The molecule has 1 fully saturated rings. The predicted octanol–water partition coefficient (Wildman–Crippen LogP) is 3.65. The number of carbonyl (C=O) groups is 1. The molecule has 0 saturated carbocycles. The largest absolute Gasteiger partial charge is 0.418 e. The Bertz CT molecular complexity index is 785. The summed E-state index contributed by atoms with van der Waals surface area (Å²) in [6, 6.07) is 3.91. The summed E-state index contributed by atoms with van der Waals surface area (Å²) >= 11 is 1.36. The van der Waals surface area contributed by atoms with Crippen LogP contribution in [0.3, 0.4) is 0 Å². The first-order chi connectivity index (χ1) is 12.4. The number of hydrogen-bond acceptors (Lipinski definition) is 5. The van der Waals surface area contributed by atoms with Gasteiger partial charge in [0.15, 0.2) is 0 Å². The molecule has 9 heteroatoms. The topological polar surface area (TPSA) is 54.5 Å². The van der Waals surface area contributed by atoms with Crippen LogP contribution in [0.15, 0.2) is 35.2 Å². The van der Waals surface area contributed by atoms with Crippen LogP contribution in [-0.2, 0) is 15.7 Å². The Balaban J connectivity index is 1.80. The van der Waals surface area contributed by atoms with Crippen LogP contribution < -0.4 is 10.2 Å². The van der Waals surface area contributed by atoms with Crippen molar-refractivity contribution in [1.82, 2.24) is 4.98 Å². The van der Waals surface area contributed by atoms with E-state index in [1.54, 1.807) is 17.0 Å². The smallest absolute Gasteiger partial charge is 0.378 e. The van der Waals surface area contributed by atoms with Gasteiger partial charge in [-0.25, -0.2) is 4.98 Å². The van der Waals surface area contributed by atoms with Crippen molar-refractivity contribution in [2.45, 2.75) is 6.18 Å². The van der Waals surface area contributed by atoms with E-state index in [9.17, 15) is 18.0 Å². The fourth-order valence-corrected chi connectivity index (χ4v) is 3.06. The molecule has 0 aliphatic carbocycles. The van der Waals surface area contributed by atoms with Gasteiger partial charge in [-0.3, -0.25) is 4.79 Å². The zero-order chi connectivity index (χ0) is 18.6. The highest BCUT2D eigenvalue weighted by Crippen LogP contribution is 2.37. The van der Waals surface area contributed by atoms with E-state index in [-0.39, 0.29) is 5.69 Å². The van der Waals surface area contributed by atoms with E-state index >= 15 is 0 Å². The molecule has 3 rings (SSSR count). The van der Waals surface area contributed by atoms with E-state index in [2.05, 4.69) is 10.3 Å². The van der Waals surface area contributed by atoms with E-state index in [4.69, 9.17) is 4.74 Å². The van der Waals surface area contributed by atoms with Gasteiger partial charge in [-0.05, 0) is 24.3 Å². The summed E-state index contributed by atoms with van der Waals surface area (Å²) in [5.41, 5.74) is 1.48. The molecule has 1 aromatic heterocycles. The second-order valence-electron chi connectivity index (χ2n) is 5.56. The van der Waals surface area contributed by atoms with Crippen molar-refractivity contribution in [3.8, 4) is 0 Å². The minimum absolute atomic E-state index is 0.276. The van der Waals surface area contributed by atoms with E-state index in [1.165, 1.54) is 23.5 Å². The molecule has 26 heavy (non-hydrogen) atoms. The van der Waals surface area contributed by atoms with E-state index < -0.39 is 17.6 Å². The second-order valence-corrected chi connectivity index (χ2v) is 6.28. The lowest BCUT2D eigenvalue weighted by atomic mass is 10.1. The van der Waals surface area contributed by atoms with Crippen molar-refractivity contribution in [2.75, 3.05) is 36.5 Å². The lowest BCUT2D eigenvalue weighted by molar-refractivity contribution is -0.136. The first kappa shape index (κ1) is 18.4. The van der Waals surface area contributed by atoms with Crippen LogP contribution in [0.5, 0.6) is 0 Å². The molecule has 5 nitrogen and oxygen atoms in total. The molecule has 0 atom stereocenters. The minimum atomic E-state index is -4.58. The first-order valence-electron chi connectivity index (χ1n) is 7.85. The average Bonchev–Trinajstić information content (AvgIpc) is 3.14. The van der Waals surface area contributed by atoms with Crippen molar-refractivity contribution in [1.29, 1.82) is 0 Å². The zero-order valence-corrected chi connectivity index (χ0v) is 14.4. The summed E-state index contributed by atoms with van der Waals surface area (Å²) in [6.45, 7) is 2.00. The van der Waals surface area contributed by atoms with Gasteiger partial charge in [0, 0.05) is 30.2 Å². The number of carbonyl (C=O) groups excluding carboxylic acids is 1. The van der Waals surface area contributed by atoms with Crippen LogP contribution in [0.4, 0.5) is 24.5 Å². The van der Waals surface area contributed by atoms with Crippen LogP contribution in [0.2, 0.25) is 0 Å². The van der Waals surface area contributed by atoms with Crippen LogP contribution in [0.25, 0.3) is 6.08 Å². The Kier molecular flexibility index (Phi) is 5.58. The maximum atomic E-state index is 13.4. The van der Waals surface area contributed by atoms with Crippen molar-refractivity contribution in [3.63, 3.8) is 0 Å². The fourth-order valence-electron chi connectivity index (χ4n) is 2.53. The molecule has 0 unspecified atom stereocenters. The van der Waals surface area contributed by atoms with Crippen LogP contribution >= 0.6 is 11.3 Å². The van der Waals surface area contributed by atoms with Gasteiger partial charge >= 0.3 is 6.18 Å². The molecule has 2 heterocycles. The van der Waals surface area contributed by atoms with E-state index in [0.29, 0.717) is 37.7 Å². The summed E-state index contributed by atoms with van der Waals surface area (Å²) in [5.74, 6) is -0.650. The third kappa shape index (κ3) is 4.61. The number of halogens is 3. The summed E-state index contributed by atoms with van der Waals surface area (Å²) in [5, 5.41) is 4.02. The third-order valence-corrected chi connectivity index (χ3v) is 4.40. The molecule has 1 N–H and O–H groups in total. The molecule has 0 spiro atoms. The minimum Gasteiger partial charge on any atom is -0.378 e. The maximum absolute atomic E-state index is 13.4. The highest BCUT2D eigenvalue weighted by molar-refractivity contribution is 7.07. The normalized spacial score (nSPS) is 15.4. The Labute approximate surface area is 152 Å². The van der Waals surface area contributed by atoms with Crippen molar-refractivity contribution in [2.24, 2.45) is 0 Å². The second kappa shape index (κ2) is 7.88. The number of morpholine rings is 1. The van der Waals surface area contributed by atoms with E-state index in [0.717, 1.165) is 12.1 Å². The van der Waals surface area contributed by atoms with Gasteiger partial charge in [-0.1, -0.05) is 0 Å². The number of aromatic nitrogens is 1. The molecular weight excluding hydrogens is 367 g/mol. The SMILES string of the molecule is O=C(C=Cc1cscn1)Nc1ccc(N2CCOCC2)cc1C(F)(F)F. The van der Waals surface area contributed by atoms with Gasteiger partial charge in [-0.15, -0.1) is 11.3 Å². The Morgan fingerprint density at radius 3 is 2.73 bits per heavy atom. The first-order valence-corrected chi connectivity index (χ1v) is 8.79. The monoisotopic (exact) mass is 383 g/mol. The van der Waals surface area contributed by atoms with Gasteiger partial charge in [-0.2, -0.15) is 13.2 Å². The van der Waals surface area contributed by atoms with Gasteiger partial charge in [0.05, 0.1) is 35.7 Å². The number of nitrogens with one attached hydrogen (secondary N) is 1. The summed E-state index contributed by atoms with van der Waals surface area (Å²) in [6.07, 6.45) is -1.98. The van der Waals surface area contributed by atoms with Crippen molar-refractivity contribution < 1.29 is 22.7 Å². The van der Waals surface area contributed by atoms with Gasteiger partial charge in [0.1, 0.15) is 0 Å². The number of anilines is 2. The van der Waals surface area contributed by atoms with Crippen molar-refractivity contribution in [3.05, 3.63) is 46.4 Å². The molecule has 1 saturated heterocycles. The zero-order valence-electron chi connectivity index (χ0n) is 13.6. The highest BCUT2D eigenvalue weighted by Gasteiger charge is 2.34. The van der Waals surface area contributed by atoms with Gasteiger partial charge in [0.2, 0.25) is 5.91 Å². The highest BCUT2D eigenvalue weighted by atomic mass is 32.1. The number of benzene rings is 1. The Morgan fingerprint density at radius 1 is 1.31 bits per heavy atom. The van der Waals surface area contributed by atoms with Gasteiger partial charge in [0.25, 0.3) is 0 Å². The standard InChI is InChI=1S/C17H16F3N3O2S/c18-17(19,20)14-9-13(23-5-7-25-8-6-23)2-3-15(14)22-16(24)4-1-12-10-26-11-21-12/h1-4,9-11H,5-8H2,(H,22,24). The summed E-state index contributed by atoms with van der Waals surface area (Å²) in [4.78, 5) is 17.8. The molecule has 138 valence electrons. The van der Waals surface area contributed by atoms with Crippen LogP contribution in [0, 0.1) is 0 Å². The number of thiazole rings is 1. The molecule has 2 aromatic rings. The quantitative estimate of drug-likeness (QED) is 0.819. The molecule has 1 amide bonds. The number of nitrogens with zero attached hydrogens (tertiary/aromatic N) is 2.